The fourth-order valence-electron chi connectivity index (χ4n) is 2.75. The quantitative estimate of drug-likeness (QED) is 0.628. The van der Waals surface area contributed by atoms with Gasteiger partial charge in [0.1, 0.15) is 0 Å². The van der Waals surface area contributed by atoms with Crippen molar-refractivity contribution in [1.29, 1.82) is 0 Å². The summed E-state index contributed by atoms with van der Waals surface area (Å²) in [6.07, 6.45) is 5.66. The minimum atomic E-state index is 0.0348. The van der Waals surface area contributed by atoms with Gasteiger partial charge >= 0.3 is 0 Å². The number of allylic oxidation sites excluding steroid dienone is 1. The Balaban J connectivity index is 2.44. The molecule has 1 nitrogen and oxygen atoms in total. The minimum absolute atomic E-state index is 0.0348. The van der Waals surface area contributed by atoms with Crippen LogP contribution in [0.25, 0.3) is 23.3 Å². The third kappa shape index (κ3) is 1.67. The number of ketones is 1. The fraction of sp³-hybridized carbons (Fsp3) is 0.0556. The van der Waals surface area contributed by atoms with E-state index in [1.807, 2.05) is 43.3 Å². The number of hydrogen-bond donors (Lipinski definition) is 0. The summed E-state index contributed by atoms with van der Waals surface area (Å²) in [5.74, 6) is 0.0348. The zero-order valence-corrected chi connectivity index (χ0v) is 11.9. The van der Waals surface area contributed by atoms with Crippen LogP contribution in [0.2, 0.25) is 5.02 Å². The maximum absolute atomic E-state index is 12.5. The Bertz CT molecular complexity index is 769. The summed E-state index contributed by atoms with van der Waals surface area (Å²) in [4.78, 5) is 12.5. The van der Waals surface area contributed by atoms with Crippen LogP contribution >= 0.6 is 11.6 Å². The summed E-state index contributed by atoms with van der Waals surface area (Å²) in [6, 6.07) is 9.41. The maximum Gasteiger partial charge on any atom is 0.194 e. The van der Waals surface area contributed by atoms with Crippen LogP contribution < -0.4 is 0 Å². The standard InChI is InChI=1S/C18H13ClO/c1-3-7-12-11(4-2)17-13-8-5-6-9-14(13)18(20)15(17)10-16(12)19/h3-10H,2H2,1H3/b7-3-. The van der Waals surface area contributed by atoms with Crippen LogP contribution in [0.3, 0.4) is 0 Å². The Kier molecular flexibility index (Phi) is 3.07. The van der Waals surface area contributed by atoms with Crippen LogP contribution in [0.1, 0.15) is 34.0 Å². The summed E-state index contributed by atoms with van der Waals surface area (Å²) in [5.41, 5.74) is 5.14. The van der Waals surface area contributed by atoms with E-state index in [1.54, 1.807) is 12.1 Å². The Morgan fingerprint density at radius 3 is 2.45 bits per heavy atom. The molecular weight excluding hydrogens is 268 g/mol. The Labute approximate surface area is 123 Å². The zero-order chi connectivity index (χ0) is 14.3. The summed E-state index contributed by atoms with van der Waals surface area (Å²) in [6.45, 7) is 5.83. The van der Waals surface area contributed by atoms with E-state index >= 15 is 0 Å². The molecule has 0 saturated carbocycles. The molecule has 20 heavy (non-hydrogen) atoms. The van der Waals surface area contributed by atoms with Crippen molar-refractivity contribution in [1.82, 2.24) is 0 Å². The average Bonchev–Trinajstić information content (AvgIpc) is 2.74. The summed E-state index contributed by atoms with van der Waals surface area (Å²) in [5, 5.41) is 0.581. The molecular formula is C18H13ClO. The van der Waals surface area contributed by atoms with Crippen LogP contribution in [-0.4, -0.2) is 5.78 Å². The average molecular weight is 281 g/mol. The summed E-state index contributed by atoms with van der Waals surface area (Å²) in [7, 11) is 0. The molecule has 98 valence electrons. The molecule has 0 unspecified atom stereocenters. The predicted octanol–water partition coefficient (Wildman–Crippen LogP) is 5.23. The van der Waals surface area contributed by atoms with Gasteiger partial charge in [0.2, 0.25) is 0 Å². The monoisotopic (exact) mass is 280 g/mol. The van der Waals surface area contributed by atoms with Gasteiger partial charge in [-0.2, -0.15) is 0 Å². The molecule has 0 radical (unpaired) electrons. The van der Waals surface area contributed by atoms with Crippen molar-refractivity contribution in [3.63, 3.8) is 0 Å². The number of rotatable bonds is 2. The number of hydrogen-bond acceptors (Lipinski definition) is 1. The van der Waals surface area contributed by atoms with Crippen molar-refractivity contribution >= 4 is 29.5 Å². The molecule has 0 aromatic heterocycles. The van der Waals surface area contributed by atoms with E-state index in [9.17, 15) is 4.79 Å². The Morgan fingerprint density at radius 1 is 1.10 bits per heavy atom. The Morgan fingerprint density at radius 2 is 1.80 bits per heavy atom. The van der Waals surface area contributed by atoms with Crippen LogP contribution in [0.5, 0.6) is 0 Å². The molecule has 1 aliphatic carbocycles. The Hall–Kier alpha value is -2.12. The van der Waals surface area contributed by atoms with Gasteiger partial charge in [-0.15, -0.1) is 0 Å². The lowest BCUT2D eigenvalue weighted by atomic mass is 9.94. The lowest BCUT2D eigenvalue weighted by Gasteiger charge is -2.11. The van der Waals surface area contributed by atoms with Gasteiger partial charge in [-0.05, 0) is 24.1 Å². The van der Waals surface area contributed by atoms with E-state index < -0.39 is 0 Å². The molecule has 0 aliphatic heterocycles. The lowest BCUT2D eigenvalue weighted by Crippen LogP contribution is -1.96. The molecule has 2 aromatic rings. The third-order valence-corrected chi connectivity index (χ3v) is 3.89. The first-order valence-electron chi connectivity index (χ1n) is 6.44. The minimum Gasteiger partial charge on any atom is -0.289 e. The topological polar surface area (TPSA) is 17.1 Å². The molecule has 0 fully saturated rings. The molecule has 0 atom stereocenters. The van der Waals surface area contributed by atoms with E-state index in [0.717, 1.165) is 27.8 Å². The summed E-state index contributed by atoms with van der Waals surface area (Å²) < 4.78 is 0. The van der Waals surface area contributed by atoms with Gasteiger partial charge < -0.3 is 0 Å². The highest BCUT2D eigenvalue weighted by Gasteiger charge is 2.29. The summed E-state index contributed by atoms with van der Waals surface area (Å²) >= 11 is 6.33. The van der Waals surface area contributed by atoms with Gasteiger partial charge in [0.15, 0.2) is 5.78 Å². The normalized spacial score (nSPS) is 12.6. The van der Waals surface area contributed by atoms with Gasteiger partial charge in [0, 0.05) is 27.3 Å². The van der Waals surface area contributed by atoms with Gasteiger partial charge in [0.25, 0.3) is 0 Å². The maximum atomic E-state index is 12.5. The molecule has 0 N–H and O–H groups in total. The van der Waals surface area contributed by atoms with Crippen LogP contribution in [0, 0.1) is 0 Å². The number of carbonyl (C=O) groups excluding carboxylic acids is 1. The second-order valence-electron chi connectivity index (χ2n) is 4.69. The van der Waals surface area contributed by atoms with Crippen LogP contribution in [0.4, 0.5) is 0 Å². The van der Waals surface area contributed by atoms with Gasteiger partial charge in [-0.3, -0.25) is 4.79 Å². The molecule has 0 saturated heterocycles. The van der Waals surface area contributed by atoms with Gasteiger partial charge in [-0.25, -0.2) is 0 Å². The van der Waals surface area contributed by atoms with Crippen molar-refractivity contribution in [2.45, 2.75) is 6.92 Å². The third-order valence-electron chi connectivity index (χ3n) is 3.58. The van der Waals surface area contributed by atoms with Gasteiger partial charge in [0.05, 0.1) is 0 Å². The predicted molar refractivity (Wildman–Crippen MR) is 85.1 cm³/mol. The van der Waals surface area contributed by atoms with Crippen molar-refractivity contribution < 1.29 is 4.79 Å². The van der Waals surface area contributed by atoms with E-state index in [1.165, 1.54) is 0 Å². The molecule has 2 heteroatoms. The fourth-order valence-corrected chi connectivity index (χ4v) is 3.02. The lowest BCUT2D eigenvalue weighted by molar-refractivity contribution is 0.104. The first kappa shape index (κ1) is 12.9. The van der Waals surface area contributed by atoms with Crippen LogP contribution in [0.15, 0.2) is 43.0 Å². The molecule has 0 bridgehead atoms. The van der Waals surface area contributed by atoms with Crippen molar-refractivity contribution in [3.05, 3.63) is 70.3 Å². The number of halogens is 1. The number of benzene rings is 2. The smallest absolute Gasteiger partial charge is 0.194 e. The van der Waals surface area contributed by atoms with Crippen LogP contribution in [-0.2, 0) is 0 Å². The van der Waals surface area contributed by atoms with E-state index in [0.29, 0.717) is 10.6 Å². The number of fused-ring (bicyclic) bond motifs is 3. The molecule has 2 aromatic carbocycles. The van der Waals surface area contributed by atoms with Crippen molar-refractivity contribution in [2.75, 3.05) is 0 Å². The van der Waals surface area contributed by atoms with Gasteiger partial charge in [-0.1, -0.05) is 60.7 Å². The second kappa shape index (κ2) is 4.77. The molecule has 0 heterocycles. The molecule has 3 rings (SSSR count). The molecule has 1 aliphatic rings. The first-order valence-corrected chi connectivity index (χ1v) is 6.82. The van der Waals surface area contributed by atoms with Crippen molar-refractivity contribution in [2.24, 2.45) is 0 Å². The van der Waals surface area contributed by atoms with E-state index in [2.05, 4.69) is 6.58 Å². The number of carbonyl (C=O) groups is 1. The molecule has 0 amide bonds. The largest absolute Gasteiger partial charge is 0.289 e. The zero-order valence-electron chi connectivity index (χ0n) is 11.1. The highest BCUT2D eigenvalue weighted by molar-refractivity contribution is 6.34. The second-order valence-corrected chi connectivity index (χ2v) is 5.09. The highest BCUT2D eigenvalue weighted by atomic mass is 35.5. The highest BCUT2D eigenvalue weighted by Crippen LogP contribution is 2.43. The first-order chi connectivity index (χ1) is 9.69. The SMILES string of the molecule is C=Cc1c(/C=C\C)c(Cl)cc2c1-c1ccccc1C2=O. The van der Waals surface area contributed by atoms with E-state index in [4.69, 9.17) is 11.6 Å². The van der Waals surface area contributed by atoms with Crippen molar-refractivity contribution in [3.8, 4) is 11.1 Å². The molecule has 0 spiro atoms. The van der Waals surface area contributed by atoms with E-state index in [-0.39, 0.29) is 5.78 Å².